The smallest absolute Gasteiger partial charge is 0.228 e. The van der Waals surface area contributed by atoms with Crippen LogP contribution in [0.1, 0.15) is 24.1 Å². The summed E-state index contributed by atoms with van der Waals surface area (Å²) in [4.78, 5) is 30.1. The predicted octanol–water partition coefficient (Wildman–Crippen LogP) is 2.95. The van der Waals surface area contributed by atoms with E-state index in [2.05, 4.69) is 26.2 Å². The fourth-order valence-electron chi connectivity index (χ4n) is 3.00. The highest BCUT2D eigenvalue weighted by atomic mass is 79.9. The summed E-state index contributed by atoms with van der Waals surface area (Å²) >= 11 is 4.93. The Morgan fingerprint density at radius 2 is 2.07 bits per heavy atom. The molecule has 9 heteroatoms. The number of nitrogens with one attached hydrogen (secondary N) is 1. The zero-order chi connectivity index (χ0) is 20.1. The van der Waals surface area contributed by atoms with Crippen LogP contribution in [0.2, 0.25) is 0 Å². The third-order valence-corrected chi connectivity index (χ3v) is 6.11. The second-order valence-electron chi connectivity index (χ2n) is 6.35. The predicted molar refractivity (Wildman–Crippen MR) is 111 cm³/mol. The second-order valence-corrected chi connectivity index (χ2v) is 8.04. The number of thiazole rings is 1. The van der Waals surface area contributed by atoms with Crippen LogP contribution < -0.4 is 19.7 Å². The van der Waals surface area contributed by atoms with Gasteiger partial charge >= 0.3 is 0 Å². The molecule has 1 fully saturated rings. The van der Waals surface area contributed by atoms with Gasteiger partial charge in [-0.25, -0.2) is 4.98 Å². The summed E-state index contributed by atoms with van der Waals surface area (Å²) in [5, 5.41) is 5.43. The van der Waals surface area contributed by atoms with Crippen molar-refractivity contribution < 1.29 is 19.1 Å². The Labute approximate surface area is 176 Å². The van der Waals surface area contributed by atoms with Crippen molar-refractivity contribution in [2.75, 3.05) is 32.2 Å². The molecule has 1 aromatic heterocycles. The maximum absolute atomic E-state index is 12.2. The van der Waals surface area contributed by atoms with Crippen LogP contribution >= 0.6 is 27.3 Å². The van der Waals surface area contributed by atoms with E-state index in [1.165, 1.54) is 11.3 Å². The summed E-state index contributed by atoms with van der Waals surface area (Å²) in [5.41, 5.74) is 1.70. The van der Waals surface area contributed by atoms with Crippen LogP contribution in [0, 0.1) is 0 Å². The molecule has 150 valence electrons. The second kappa shape index (κ2) is 9.38. The molecule has 2 aromatic rings. The van der Waals surface area contributed by atoms with E-state index in [0.29, 0.717) is 48.3 Å². The Morgan fingerprint density at radius 3 is 2.75 bits per heavy atom. The van der Waals surface area contributed by atoms with E-state index in [0.717, 1.165) is 16.5 Å². The van der Waals surface area contributed by atoms with Crippen LogP contribution in [0.5, 0.6) is 11.5 Å². The molecule has 0 atom stereocenters. The number of anilines is 1. The number of halogens is 1. The first-order valence-corrected chi connectivity index (χ1v) is 10.6. The van der Waals surface area contributed by atoms with Crippen molar-refractivity contribution in [1.29, 1.82) is 0 Å². The van der Waals surface area contributed by atoms with Crippen molar-refractivity contribution in [3.05, 3.63) is 33.2 Å². The van der Waals surface area contributed by atoms with Crippen LogP contribution in [0.3, 0.4) is 0 Å². The number of ether oxygens (including phenoxy) is 2. The zero-order valence-corrected chi connectivity index (χ0v) is 18.2. The highest BCUT2D eigenvalue weighted by Crippen LogP contribution is 2.33. The molecule has 0 aliphatic carbocycles. The molecule has 7 nitrogen and oxygen atoms in total. The quantitative estimate of drug-likeness (QED) is 0.645. The fourth-order valence-corrected chi connectivity index (χ4v) is 4.39. The number of aromatic nitrogens is 1. The van der Waals surface area contributed by atoms with E-state index in [1.807, 2.05) is 17.5 Å². The van der Waals surface area contributed by atoms with E-state index in [9.17, 15) is 9.59 Å². The Kier molecular flexibility index (Phi) is 6.90. The highest BCUT2D eigenvalue weighted by molar-refractivity contribution is 9.10. The molecule has 1 aromatic carbocycles. The lowest BCUT2D eigenvalue weighted by atomic mass is 10.1. The van der Waals surface area contributed by atoms with Gasteiger partial charge in [-0.3, -0.25) is 14.5 Å². The monoisotopic (exact) mass is 467 g/mol. The van der Waals surface area contributed by atoms with Crippen LogP contribution in [-0.2, 0) is 22.4 Å². The number of rotatable bonds is 8. The molecule has 1 N–H and O–H groups in total. The van der Waals surface area contributed by atoms with Gasteiger partial charge in [-0.2, -0.15) is 0 Å². The third-order valence-electron chi connectivity index (χ3n) is 4.45. The number of carbonyl (C=O) groups excluding carboxylic acids is 2. The van der Waals surface area contributed by atoms with Crippen molar-refractivity contribution in [2.24, 2.45) is 0 Å². The van der Waals surface area contributed by atoms with Gasteiger partial charge in [0.05, 0.1) is 26.3 Å². The Balaban J connectivity index is 1.51. The van der Waals surface area contributed by atoms with E-state index in [4.69, 9.17) is 9.47 Å². The number of carbonyl (C=O) groups is 2. The first-order chi connectivity index (χ1) is 13.5. The maximum Gasteiger partial charge on any atom is 0.228 e. The molecular formula is C19H22BrN3O4S. The number of amides is 2. The lowest BCUT2D eigenvalue weighted by molar-refractivity contribution is -0.120. The number of benzene rings is 1. The lowest BCUT2D eigenvalue weighted by Crippen LogP contribution is -2.27. The van der Waals surface area contributed by atoms with E-state index in [1.54, 1.807) is 19.1 Å². The highest BCUT2D eigenvalue weighted by Gasteiger charge is 2.24. The number of hydrogen-bond acceptors (Lipinski definition) is 6. The van der Waals surface area contributed by atoms with Gasteiger partial charge in [-0.15, -0.1) is 11.3 Å². The van der Waals surface area contributed by atoms with Gasteiger partial charge in [0.25, 0.3) is 0 Å². The molecule has 0 bridgehead atoms. The van der Waals surface area contributed by atoms with E-state index < -0.39 is 0 Å². The summed E-state index contributed by atoms with van der Waals surface area (Å²) < 4.78 is 11.5. The van der Waals surface area contributed by atoms with Crippen molar-refractivity contribution in [2.45, 2.75) is 25.7 Å². The van der Waals surface area contributed by atoms with Crippen LogP contribution in [0.15, 0.2) is 22.0 Å². The SMILES string of the molecule is COc1cc(Br)c(CCNC(=O)Cc2csc(N3CCCC3=O)n2)cc1OC. The molecule has 1 saturated heterocycles. The molecule has 0 radical (unpaired) electrons. The average Bonchev–Trinajstić information content (AvgIpc) is 3.31. The molecular weight excluding hydrogens is 446 g/mol. The molecule has 1 aliphatic rings. The molecule has 0 saturated carbocycles. The molecule has 1 aliphatic heterocycles. The summed E-state index contributed by atoms with van der Waals surface area (Å²) in [6, 6.07) is 3.75. The number of methoxy groups -OCH3 is 2. The fraction of sp³-hybridized carbons (Fsp3) is 0.421. The maximum atomic E-state index is 12.2. The minimum atomic E-state index is -0.0961. The van der Waals surface area contributed by atoms with E-state index >= 15 is 0 Å². The topological polar surface area (TPSA) is 80.8 Å². The third kappa shape index (κ3) is 4.82. The van der Waals surface area contributed by atoms with Crippen LogP contribution in [-0.4, -0.2) is 44.1 Å². The van der Waals surface area contributed by atoms with Gasteiger partial charge in [-0.1, -0.05) is 15.9 Å². The standard InChI is InChI=1S/C19H22BrN3O4S/c1-26-15-8-12(14(20)10-16(15)27-2)5-6-21-17(24)9-13-11-28-19(22-13)23-7-3-4-18(23)25/h8,10-11H,3-7,9H2,1-2H3,(H,21,24). The molecule has 0 unspecified atom stereocenters. The normalized spacial score (nSPS) is 13.7. The lowest BCUT2D eigenvalue weighted by Gasteiger charge is -2.12. The summed E-state index contributed by atoms with van der Waals surface area (Å²) in [6.45, 7) is 1.20. The number of hydrogen-bond donors (Lipinski definition) is 1. The zero-order valence-electron chi connectivity index (χ0n) is 15.8. The Hall–Kier alpha value is -2.13. The van der Waals surface area contributed by atoms with Gasteiger partial charge in [0.1, 0.15) is 0 Å². The molecule has 3 rings (SSSR count). The first kappa shape index (κ1) is 20.6. The van der Waals surface area contributed by atoms with Crippen molar-refractivity contribution in [3.63, 3.8) is 0 Å². The minimum Gasteiger partial charge on any atom is -0.493 e. The Bertz CT molecular complexity index is 871. The number of nitrogens with zero attached hydrogens (tertiary/aromatic N) is 2. The Morgan fingerprint density at radius 1 is 1.32 bits per heavy atom. The van der Waals surface area contributed by atoms with Gasteiger partial charge in [0.2, 0.25) is 11.8 Å². The molecule has 2 amide bonds. The first-order valence-electron chi connectivity index (χ1n) is 8.93. The average molecular weight is 468 g/mol. The largest absolute Gasteiger partial charge is 0.493 e. The van der Waals surface area contributed by atoms with Gasteiger partial charge in [0.15, 0.2) is 16.6 Å². The van der Waals surface area contributed by atoms with Crippen LogP contribution in [0.25, 0.3) is 0 Å². The summed E-state index contributed by atoms with van der Waals surface area (Å²) in [7, 11) is 3.18. The molecule has 2 heterocycles. The summed E-state index contributed by atoms with van der Waals surface area (Å²) in [5.74, 6) is 1.31. The summed E-state index contributed by atoms with van der Waals surface area (Å²) in [6.07, 6.45) is 2.28. The van der Waals surface area contributed by atoms with Gasteiger partial charge in [0, 0.05) is 29.4 Å². The van der Waals surface area contributed by atoms with Crippen LogP contribution in [0.4, 0.5) is 5.13 Å². The molecule has 28 heavy (non-hydrogen) atoms. The van der Waals surface area contributed by atoms with Gasteiger partial charge < -0.3 is 14.8 Å². The van der Waals surface area contributed by atoms with Crippen molar-refractivity contribution in [1.82, 2.24) is 10.3 Å². The minimum absolute atomic E-state index is 0.0961. The van der Waals surface area contributed by atoms with Gasteiger partial charge in [-0.05, 0) is 30.5 Å². The van der Waals surface area contributed by atoms with Crippen molar-refractivity contribution in [3.8, 4) is 11.5 Å². The molecule has 0 spiro atoms. The van der Waals surface area contributed by atoms with Crippen molar-refractivity contribution >= 4 is 44.2 Å². The van der Waals surface area contributed by atoms with E-state index in [-0.39, 0.29) is 18.2 Å².